The molecule has 0 aliphatic heterocycles. The fourth-order valence-corrected chi connectivity index (χ4v) is 1.89. The molecular formula is C17H15N3O4. The summed E-state index contributed by atoms with van der Waals surface area (Å²) in [6, 6.07) is 14.6. The topological polar surface area (TPSA) is 105 Å². The molecule has 0 bridgehead atoms. The molecule has 1 atom stereocenters. The molecule has 122 valence electrons. The molecule has 0 aliphatic carbocycles. The Balaban J connectivity index is 1.89. The van der Waals surface area contributed by atoms with Gasteiger partial charge in [-0.05, 0) is 17.2 Å². The predicted molar refractivity (Wildman–Crippen MR) is 90.2 cm³/mol. The second-order valence-corrected chi connectivity index (χ2v) is 4.78. The highest BCUT2D eigenvalue weighted by Crippen LogP contribution is 2.14. The van der Waals surface area contributed by atoms with Gasteiger partial charge < -0.3 is 5.11 Å². The van der Waals surface area contributed by atoms with Crippen molar-refractivity contribution in [2.24, 2.45) is 5.10 Å². The Kier molecular flexibility index (Phi) is 5.93. The number of nitrogens with one attached hydrogen (secondary N) is 1. The van der Waals surface area contributed by atoms with E-state index in [2.05, 4.69) is 10.5 Å². The lowest BCUT2D eigenvalue weighted by atomic mass is 10.1. The smallest absolute Gasteiger partial charge is 0.273 e. The number of aliphatic hydroxyl groups is 1. The number of hydrazone groups is 1. The van der Waals surface area contributed by atoms with Gasteiger partial charge in [-0.1, -0.05) is 48.5 Å². The average molecular weight is 325 g/mol. The molecule has 2 N–H and O–H groups in total. The summed E-state index contributed by atoms with van der Waals surface area (Å²) in [4.78, 5) is 21.9. The van der Waals surface area contributed by atoms with Crippen LogP contribution in [-0.4, -0.2) is 22.2 Å². The standard InChI is InChI=1S/C17H15N3O4/c21-16(14-8-2-1-3-9-14)17(22)19-18-11-5-7-13-6-4-10-15(12-13)20(23)24/h1-12,16,21H,(H,19,22)/b7-5+,18-11+. The number of nitro groups is 1. The zero-order chi connectivity index (χ0) is 17.4. The molecule has 7 nitrogen and oxygen atoms in total. The molecule has 2 rings (SSSR count). The molecule has 0 heterocycles. The zero-order valence-corrected chi connectivity index (χ0v) is 12.6. The molecule has 0 aliphatic rings. The first-order chi connectivity index (χ1) is 11.6. The van der Waals surface area contributed by atoms with E-state index in [1.807, 2.05) is 0 Å². The minimum Gasteiger partial charge on any atom is -0.378 e. The van der Waals surface area contributed by atoms with Crippen molar-refractivity contribution in [2.45, 2.75) is 6.10 Å². The van der Waals surface area contributed by atoms with Crippen LogP contribution >= 0.6 is 0 Å². The SMILES string of the molecule is O=C(N/N=C/C=C/c1cccc([N+](=O)[O-])c1)C(O)c1ccccc1. The van der Waals surface area contributed by atoms with E-state index in [1.165, 1.54) is 24.4 Å². The largest absolute Gasteiger partial charge is 0.378 e. The van der Waals surface area contributed by atoms with Crippen LogP contribution in [0, 0.1) is 10.1 Å². The lowest BCUT2D eigenvalue weighted by molar-refractivity contribution is -0.384. The number of aliphatic hydroxyl groups excluding tert-OH is 1. The maximum atomic E-state index is 11.7. The second kappa shape index (κ2) is 8.35. The Hall–Kier alpha value is -3.32. The highest BCUT2D eigenvalue weighted by atomic mass is 16.6. The van der Waals surface area contributed by atoms with Gasteiger partial charge >= 0.3 is 0 Å². The maximum Gasteiger partial charge on any atom is 0.273 e. The summed E-state index contributed by atoms with van der Waals surface area (Å²) in [5.41, 5.74) is 3.31. The zero-order valence-electron chi connectivity index (χ0n) is 12.6. The molecule has 24 heavy (non-hydrogen) atoms. The monoisotopic (exact) mass is 325 g/mol. The summed E-state index contributed by atoms with van der Waals surface area (Å²) in [7, 11) is 0. The van der Waals surface area contributed by atoms with Gasteiger partial charge in [0, 0.05) is 18.3 Å². The van der Waals surface area contributed by atoms with Crippen LogP contribution in [0.1, 0.15) is 17.2 Å². The van der Waals surface area contributed by atoms with Crippen molar-refractivity contribution in [3.8, 4) is 0 Å². The van der Waals surface area contributed by atoms with Crippen molar-refractivity contribution in [2.75, 3.05) is 0 Å². The van der Waals surface area contributed by atoms with Gasteiger partial charge in [0.2, 0.25) is 0 Å². The first kappa shape index (κ1) is 17.0. The first-order valence-corrected chi connectivity index (χ1v) is 7.05. The van der Waals surface area contributed by atoms with E-state index < -0.39 is 16.9 Å². The Labute approximate surface area is 138 Å². The van der Waals surface area contributed by atoms with Crippen LogP contribution in [0.5, 0.6) is 0 Å². The number of hydrogen-bond donors (Lipinski definition) is 2. The van der Waals surface area contributed by atoms with Crippen LogP contribution in [-0.2, 0) is 4.79 Å². The molecule has 0 fully saturated rings. The van der Waals surface area contributed by atoms with E-state index in [0.717, 1.165) is 0 Å². The van der Waals surface area contributed by atoms with Gasteiger partial charge in [-0.2, -0.15) is 5.10 Å². The Bertz CT molecular complexity index is 772. The van der Waals surface area contributed by atoms with Crippen LogP contribution in [0.15, 0.2) is 65.8 Å². The highest BCUT2D eigenvalue weighted by molar-refractivity contribution is 5.84. The number of amides is 1. The van der Waals surface area contributed by atoms with Crippen LogP contribution < -0.4 is 5.43 Å². The summed E-state index contributed by atoms with van der Waals surface area (Å²) in [6.45, 7) is 0. The number of carbonyl (C=O) groups excluding carboxylic acids is 1. The van der Waals surface area contributed by atoms with E-state index >= 15 is 0 Å². The summed E-state index contributed by atoms with van der Waals surface area (Å²) in [5, 5.41) is 24.2. The van der Waals surface area contributed by atoms with Gasteiger partial charge in [-0.15, -0.1) is 0 Å². The predicted octanol–water partition coefficient (Wildman–Crippen LogP) is 2.44. The molecule has 0 saturated heterocycles. The average Bonchev–Trinajstić information content (AvgIpc) is 2.61. The van der Waals surface area contributed by atoms with Gasteiger partial charge in [0.05, 0.1) is 4.92 Å². The Morgan fingerprint density at radius 2 is 1.96 bits per heavy atom. The number of allylic oxidation sites excluding steroid dienone is 1. The summed E-state index contributed by atoms with van der Waals surface area (Å²) < 4.78 is 0. The van der Waals surface area contributed by atoms with Crippen molar-refractivity contribution in [1.29, 1.82) is 0 Å². The quantitative estimate of drug-likeness (QED) is 0.483. The molecule has 0 spiro atoms. The third kappa shape index (κ3) is 4.85. The number of hydrogen-bond acceptors (Lipinski definition) is 5. The van der Waals surface area contributed by atoms with Crippen LogP contribution in [0.4, 0.5) is 5.69 Å². The Morgan fingerprint density at radius 3 is 2.67 bits per heavy atom. The third-order valence-electron chi connectivity index (χ3n) is 3.07. The molecule has 7 heteroatoms. The number of nitro benzene ring substituents is 1. The fourth-order valence-electron chi connectivity index (χ4n) is 1.89. The van der Waals surface area contributed by atoms with Crippen LogP contribution in [0.2, 0.25) is 0 Å². The van der Waals surface area contributed by atoms with Gasteiger partial charge in [0.25, 0.3) is 11.6 Å². The van der Waals surface area contributed by atoms with E-state index in [-0.39, 0.29) is 5.69 Å². The minimum absolute atomic E-state index is 0.00613. The maximum absolute atomic E-state index is 11.7. The highest BCUT2D eigenvalue weighted by Gasteiger charge is 2.15. The van der Waals surface area contributed by atoms with Gasteiger partial charge in [0.15, 0.2) is 6.10 Å². The van der Waals surface area contributed by atoms with E-state index in [1.54, 1.807) is 48.5 Å². The number of non-ortho nitro benzene ring substituents is 1. The number of nitrogens with zero attached hydrogens (tertiary/aromatic N) is 2. The molecular weight excluding hydrogens is 310 g/mol. The lowest BCUT2D eigenvalue weighted by Crippen LogP contribution is -2.24. The third-order valence-corrected chi connectivity index (χ3v) is 3.07. The normalized spacial score (nSPS) is 12.4. The van der Waals surface area contributed by atoms with Gasteiger partial charge in [-0.3, -0.25) is 14.9 Å². The van der Waals surface area contributed by atoms with Crippen molar-refractivity contribution >= 4 is 23.9 Å². The molecule has 1 amide bonds. The van der Waals surface area contributed by atoms with E-state index in [4.69, 9.17) is 0 Å². The van der Waals surface area contributed by atoms with Gasteiger partial charge in [-0.25, -0.2) is 5.43 Å². The fraction of sp³-hybridized carbons (Fsp3) is 0.0588. The minimum atomic E-state index is -1.30. The molecule has 2 aromatic rings. The molecule has 0 radical (unpaired) electrons. The molecule has 0 aromatic heterocycles. The van der Waals surface area contributed by atoms with Crippen molar-refractivity contribution in [1.82, 2.24) is 5.43 Å². The molecule has 2 aromatic carbocycles. The van der Waals surface area contributed by atoms with Crippen LogP contribution in [0.3, 0.4) is 0 Å². The molecule has 0 saturated carbocycles. The summed E-state index contributed by atoms with van der Waals surface area (Å²) in [6.07, 6.45) is 3.14. The second-order valence-electron chi connectivity index (χ2n) is 4.78. The molecule has 1 unspecified atom stereocenters. The summed E-state index contributed by atoms with van der Waals surface area (Å²) in [5.74, 6) is -0.652. The van der Waals surface area contributed by atoms with Crippen LogP contribution in [0.25, 0.3) is 6.08 Å². The lowest BCUT2D eigenvalue weighted by Gasteiger charge is -2.08. The number of benzene rings is 2. The van der Waals surface area contributed by atoms with Crippen molar-refractivity contribution in [3.63, 3.8) is 0 Å². The summed E-state index contributed by atoms with van der Waals surface area (Å²) >= 11 is 0. The Morgan fingerprint density at radius 1 is 1.21 bits per heavy atom. The number of rotatable bonds is 6. The van der Waals surface area contributed by atoms with E-state index in [0.29, 0.717) is 11.1 Å². The first-order valence-electron chi connectivity index (χ1n) is 7.05. The number of carbonyl (C=O) groups is 1. The van der Waals surface area contributed by atoms with Gasteiger partial charge in [0.1, 0.15) is 0 Å². The van der Waals surface area contributed by atoms with E-state index in [9.17, 15) is 20.0 Å². The van der Waals surface area contributed by atoms with Crippen molar-refractivity contribution in [3.05, 3.63) is 81.9 Å². The van der Waals surface area contributed by atoms with Crippen molar-refractivity contribution < 1.29 is 14.8 Å².